The SMILES string of the molecule is c1ccc(-c2ccn(-c3ccnc4ccccc34)n2)nc1. The zero-order chi connectivity index (χ0) is 14.1. The lowest BCUT2D eigenvalue weighted by Gasteiger charge is -2.05. The first-order valence-electron chi connectivity index (χ1n) is 6.73. The van der Waals surface area contributed by atoms with Crippen LogP contribution in [0.3, 0.4) is 0 Å². The van der Waals surface area contributed by atoms with Crippen molar-refractivity contribution in [2.45, 2.75) is 0 Å². The third-order valence-corrected chi connectivity index (χ3v) is 3.39. The van der Waals surface area contributed by atoms with Gasteiger partial charge < -0.3 is 0 Å². The quantitative estimate of drug-likeness (QED) is 0.561. The van der Waals surface area contributed by atoms with E-state index in [1.54, 1.807) is 12.4 Å². The molecule has 0 saturated heterocycles. The molecule has 100 valence electrons. The summed E-state index contributed by atoms with van der Waals surface area (Å²) in [5, 5.41) is 5.71. The Hall–Kier alpha value is -3.01. The van der Waals surface area contributed by atoms with Crippen molar-refractivity contribution in [1.29, 1.82) is 0 Å². The molecule has 0 aliphatic carbocycles. The molecule has 4 aromatic rings. The maximum absolute atomic E-state index is 4.63. The highest BCUT2D eigenvalue weighted by Crippen LogP contribution is 2.21. The van der Waals surface area contributed by atoms with Crippen molar-refractivity contribution in [3.8, 4) is 17.1 Å². The third-order valence-electron chi connectivity index (χ3n) is 3.39. The Morgan fingerprint density at radius 2 is 1.62 bits per heavy atom. The van der Waals surface area contributed by atoms with Gasteiger partial charge >= 0.3 is 0 Å². The van der Waals surface area contributed by atoms with Gasteiger partial charge in [0, 0.05) is 24.0 Å². The minimum Gasteiger partial charge on any atom is -0.256 e. The van der Waals surface area contributed by atoms with Crippen LogP contribution in [-0.4, -0.2) is 19.7 Å². The van der Waals surface area contributed by atoms with Crippen molar-refractivity contribution in [3.05, 3.63) is 73.2 Å². The number of pyridine rings is 2. The minimum absolute atomic E-state index is 0.858. The van der Waals surface area contributed by atoms with Crippen LogP contribution in [0.4, 0.5) is 0 Å². The van der Waals surface area contributed by atoms with Gasteiger partial charge in [0.15, 0.2) is 0 Å². The monoisotopic (exact) mass is 272 g/mol. The van der Waals surface area contributed by atoms with E-state index in [1.807, 2.05) is 59.4 Å². The number of aromatic nitrogens is 4. The molecular weight excluding hydrogens is 260 g/mol. The van der Waals surface area contributed by atoms with E-state index in [9.17, 15) is 0 Å². The van der Waals surface area contributed by atoms with Gasteiger partial charge in [-0.3, -0.25) is 9.97 Å². The van der Waals surface area contributed by atoms with E-state index in [2.05, 4.69) is 21.1 Å². The molecule has 1 aromatic carbocycles. The molecule has 0 N–H and O–H groups in total. The van der Waals surface area contributed by atoms with Gasteiger partial charge in [-0.15, -0.1) is 0 Å². The van der Waals surface area contributed by atoms with Crippen LogP contribution in [0.1, 0.15) is 0 Å². The molecule has 0 fully saturated rings. The van der Waals surface area contributed by atoms with Gasteiger partial charge in [-0.25, -0.2) is 4.68 Å². The standard InChI is InChI=1S/C17H12N4/c1-2-6-14-13(5-1)17(8-11-19-14)21-12-9-16(20-21)15-7-3-4-10-18-15/h1-12H. The van der Waals surface area contributed by atoms with Gasteiger partial charge in [-0.2, -0.15) is 5.10 Å². The molecule has 0 spiro atoms. The van der Waals surface area contributed by atoms with E-state index < -0.39 is 0 Å². The highest BCUT2D eigenvalue weighted by atomic mass is 15.3. The van der Waals surface area contributed by atoms with E-state index in [0.29, 0.717) is 0 Å². The number of hydrogen-bond acceptors (Lipinski definition) is 3. The fraction of sp³-hybridized carbons (Fsp3) is 0. The van der Waals surface area contributed by atoms with Crippen molar-refractivity contribution >= 4 is 10.9 Å². The fourth-order valence-electron chi connectivity index (χ4n) is 2.39. The van der Waals surface area contributed by atoms with Gasteiger partial charge in [-0.05, 0) is 30.3 Å². The van der Waals surface area contributed by atoms with Crippen LogP contribution in [0.25, 0.3) is 28.0 Å². The summed E-state index contributed by atoms with van der Waals surface area (Å²) in [4.78, 5) is 8.71. The van der Waals surface area contributed by atoms with E-state index >= 15 is 0 Å². The van der Waals surface area contributed by atoms with Crippen molar-refractivity contribution < 1.29 is 0 Å². The van der Waals surface area contributed by atoms with Crippen molar-refractivity contribution in [1.82, 2.24) is 19.7 Å². The molecule has 3 heterocycles. The zero-order valence-corrected chi connectivity index (χ0v) is 11.2. The van der Waals surface area contributed by atoms with Crippen LogP contribution < -0.4 is 0 Å². The maximum Gasteiger partial charge on any atom is 0.111 e. The Kier molecular flexibility index (Phi) is 2.71. The largest absolute Gasteiger partial charge is 0.256 e. The molecule has 0 aliphatic heterocycles. The predicted octanol–water partition coefficient (Wildman–Crippen LogP) is 3.48. The smallest absolute Gasteiger partial charge is 0.111 e. The number of para-hydroxylation sites is 1. The summed E-state index contributed by atoms with van der Waals surface area (Å²) < 4.78 is 1.87. The molecule has 0 atom stereocenters. The van der Waals surface area contributed by atoms with E-state index in [0.717, 1.165) is 28.0 Å². The molecule has 0 unspecified atom stereocenters. The number of rotatable bonds is 2. The average molecular weight is 272 g/mol. The van der Waals surface area contributed by atoms with Gasteiger partial charge in [-0.1, -0.05) is 24.3 Å². The van der Waals surface area contributed by atoms with E-state index in [4.69, 9.17) is 0 Å². The first-order valence-corrected chi connectivity index (χ1v) is 6.73. The highest BCUT2D eigenvalue weighted by Gasteiger charge is 2.07. The lowest BCUT2D eigenvalue weighted by molar-refractivity contribution is 0.888. The number of hydrogen-bond donors (Lipinski definition) is 0. The summed E-state index contributed by atoms with van der Waals surface area (Å²) in [6.07, 6.45) is 5.53. The first-order chi connectivity index (χ1) is 10.4. The normalized spacial score (nSPS) is 10.9. The summed E-state index contributed by atoms with van der Waals surface area (Å²) in [6, 6.07) is 17.8. The Bertz CT molecular complexity index is 891. The second-order valence-corrected chi connectivity index (χ2v) is 4.71. The predicted molar refractivity (Wildman–Crippen MR) is 82.1 cm³/mol. The van der Waals surface area contributed by atoms with Crippen molar-refractivity contribution in [3.63, 3.8) is 0 Å². The fourth-order valence-corrected chi connectivity index (χ4v) is 2.39. The Labute approximate surface area is 121 Å². The summed E-state index contributed by atoms with van der Waals surface area (Å²) in [7, 11) is 0. The molecule has 4 heteroatoms. The topological polar surface area (TPSA) is 43.6 Å². The van der Waals surface area contributed by atoms with Crippen LogP contribution in [0, 0.1) is 0 Å². The van der Waals surface area contributed by atoms with Crippen LogP contribution >= 0.6 is 0 Å². The van der Waals surface area contributed by atoms with Crippen LogP contribution in [-0.2, 0) is 0 Å². The van der Waals surface area contributed by atoms with Gasteiger partial charge in [0.1, 0.15) is 5.69 Å². The molecular formula is C17H12N4. The minimum atomic E-state index is 0.858. The highest BCUT2D eigenvalue weighted by molar-refractivity contribution is 5.86. The molecule has 0 aliphatic rings. The number of benzene rings is 1. The Morgan fingerprint density at radius 3 is 2.52 bits per heavy atom. The van der Waals surface area contributed by atoms with E-state index in [-0.39, 0.29) is 0 Å². The molecule has 0 bridgehead atoms. The molecule has 0 amide bonds. The summed E-state index contributed by atoms with van der Waals surface area (Å²) in [5.74, 6) is 0. The van der Waals surface area contributed by atoms with Crippen LogP contribution in [0.15, 0.2) is 73.2 Å². The van der Waals surface area contributed by atoms with E-state index in [1.165, 1.54) is 0 Å². The Balaban J connectivity index is 1.85. The number of fused-ring (bicyclic) bond motifs is 1. The summed E-state index contributed by atoms with van der Waals surface area (Å²) >= 11 is 0. The lowest BCUT2D eigenvalue weighted by atomic mass is 10.2. The maximum atomic E-state index is 4.63. The molecule has 3 aromatic heterocycles. The summed E-state index contributed by atoms with van der Waals surface area (Å²) in [6.45, 7) is 0. The molecule has 21 heavy (non-hydrogen) atoms. The molecule has 4 nitrogen and oxygen atoms in total. The molecule has 0 radical (unpaired) electrons. The van der Waals surface area contributed by atoms with Gasteiger partial charge in [0.25, 0.3) is 0 Å². The Morgan fingerprint density at radius 1 is 0.714 bits per heavy atom. The zero-order valence-electron chi connectivity index (χ0n) is 11.2. The lowest BCUT2D eigenvalue weighted by Crippen LogP contribution is -1.97. The second kappa shape index (κ2) is 4.83. The second-order valence-electron chi connectivity index (χ2n) is 4.71. The first kappa shape index (κ1) is 11.8. The van der Waals surface area contributed by atoms with Crippen LogP contribution in [0.5, 0.6) is 0 Å². The molecule has 4 rings (SSSR count). The average Bonchev–Trinajstić information content (AvgIpc) is 3.05. The van der Waals surface area contributed by atoms with Gasteiger partial charge in [0.2, 0.25) is 0 Å². The van der Waals surface area contributed by atoms with Gasteiger partial charge in [0.05, 0.1) is 16.9 Å². The van der Waals surface area contributed by atoms with Crippen molar-refractivity contribution in [2.75, 3.05) is 0 Å². The molecule has 0 saturated carbocycles. The summed E-state index contributed by atoms with van der Waals surface area (Å²) in [5.41, 5.74) is 3.71. The third kappa shape index (κ3) is 2.07. The number of nitrogens with zero attached hydrogens (tertiary/aromatic N) is 4. The van der Waals surface area contributed by atoms with Crippen molar-refractivity contribution in [2.24, 2.45) is 0 Å². The van der Waals surface area contributed by atoms with Crippen LogP contribution in [0.2, 0.25) is 0 Å².